The number of Topliss-reactive ketones (excluding diaryl/α,β-unsaturated/α-hetero) is 1. The fourth-order valence-electron chi connectivity index (χ4n) is 3.61. The minimum atomic E-state index is -2.78. The summed E-state index contributed by atoms with van der Waals surface area (Å²) in [4.78, 5) is 39.4. The number of aromatic amines is 1. The summed E-state index contributed by atoms with van der Waals surface area (Å²) >= 11 is 0. The van der Waals surface area contributed by atoms with Crippen molar-refractivity contribution in [1.29, 1.82) is 0 Å². The molecular formula is C19H21FN2O10. The van der Waals surface area contributed by atoms with Gasteiger partial charge in [-0.25, -0.2) is 4.79 Å². The molecule has 0 saturated carbocycles. The topological polar surface area (TPSA) is 170 Å². The van der Waals surface area contributed by atoms with Crippen LogP contribution in [0.3, 0.4) is 0 Å². The van der Waals surface area contributed by atoms with Gasteiger partial charge in [-0.15, -0.1) is 0 Å². The molecule has 12 nitrogen and oxygen atoms in total. The standard InChI is InChI=1S/C19H21FN2O10/c1-29-10-5-4-8(13(30-2)14(10)31-3)15(25)19(16(26)12(24)11(7-23)32-19)22-6-9(20)17(27)21-18(22)28/h4-6,11-12,16,23-24,26H,7H2,1-3H3,(H,21,27,28)/t11-,12-,16-,19-/m1/s1. The van der Waals surface area contributed by atoms with Crippen molar-refractivity contribution in [2.24, 2.45) is 0 Å². The average molecular weight is 456 g/mol. The largest absolute Gasteiger partial charge is 0.493 e. The maximum Gasteiger partial charge on any atom is 0.331 e. The Bertz CT molecular complexity index is 1150. The number of carbonyl (C=O) groups is 1. The van der Waals surface area contributed by atoms with E-state index >= 15 is 0 Å². The fourth-order valence-corrected chi connectivity index (χ4v) is 3.61. The van der Waals surface area contributed by atoms with Gasteiger partial charge in [-0.1, -0.05) is 0 Å². The molecule has 4 N–H and O–H groups in total. The number of benzene rings is 1. The molecule has 0 spiro atoms. The smallest absolute Gasteiger partial charge is 0.331 e. The number of nitrogens with one attached hydrogen (secondary N) is 1. The normalized spacial score (nSPS) is 24.9. The fraction of sp³-hybridized carbons (Fsp3) is 0.421. The monoisotopic (exact) mass is 456 g/mol. The van der Waals surface area contributed by atoms with Crippen molar-refractivity contribution in [3.05, 3.63) is 50.5 Å². The molecule has 1 fully saturated rings. The molecule has 1 aliphatic rings. The second-order valence-corrected chi connectivity index (χ2v) is 6.79. The van der Waals surface area contributed by atoms with Gasteiger partial charge in [0, 0.05) is 0 Å². The highest BCUT2D eigenvalue weighted by atomic mass is 19.1. The van der Waals surface area contributed by atoms with E-state index in [0.717, 1.165) is 0 Å². The molecular weight excluding hydrogens is 435 g/mol. The summed E-state index contributed by atoms with van der Waals surface area (Å²) in [6, 6.07) is 2.55. The number of aliphatic hydroxyl groups excluding tert-OH is 3. The number of aromatic nitrogens is 2. The number of halogens is 1. The molecule has 0 aliphatic carbocycles. The molecule has 3 rings (SSSR count). The summed E-state index contributed by atoms with van der Waals surface area (Å²) < 4.78 is 35.5. The summed E-state index contributed by atoms with van der Waals surface area (Å²) in [6.45, 7) is -0.850. The third kappa shape index (κ3) is 3.35. The van der Waals surface area contributed by atoms with E-state index in [2.05, 4.69) is 0 Å². The average Bonchev–Trinajstić information content (AvgIpc) is 3.05. The molecule has 2 aromatic rings. The zero-order valence-electron chi connectivity index (χ0n) is 17.2. The highest BCUT2D eigenvalue weighted by Crippen LogP contribution is 2.44. The quantitative estimate of drug-likeness (QED) is 0.354. The summed E-state index contributed by atoms with van der Waals surface area (Å²) in [5.74, 6) is -2.63. The molecule has 0 bridgehead atoms. The highest BCUT2D eigenvalue weighted by Gasteiger charge is 2.61. The van der Waals surface area contributed by atoms with Gasteiger partial charge in [-0.3, -0.25) is 19.1 Å². The van der Waals surface area contributed by atoms with Gasteiger partial charge in [0.1, 0.15) is 18.3 Å². The second kappa shape index (κ2) is 8.70. The summed E-state index contributed by atoms with van der Waals surface area (Å²) in [7, 11) is 3.83. The number of aliphatic hydroxyl groups is 3. The minimum absolute atomic E-state index is 0.0114. The Morgan fingerprint density at radius 1 is 1.19 bits per heavy atom. The number of H-pyrrole nitrogens is 1. The highest BCUT2D eigenvalue weighted by molar-refractivity contribution is 6.05. The van der Waals surface area contributed by atoms with E-state index in [0.29, 0.717) is 10.8 Å². The van der Waals surface area contributed by atoms with E-state index in [1.807, 2.05) is 0 Å². The van der Waals surface area contributed by atoms with Crippen molar-refractivity contribution < 1.29 is 43.5 Å². The maximum absolute atomic E-state index is 14.1. The van der Waals surface area contributed by atoms with Gasteiger partial charge in [0.15, 0.2) is 11.5 Å². The van der Waals surface area contributed by atoms with Gasteiger partial charge in [-0.2, -0.15) is 4.39 Å². The third-order valence-electron chi connectivity index (χ3n) is 5.15. The number of hydrogen-bond acceptors (Lipinski definition) is 10. The molecule has 0 unspecified atom stereocenters. The van der Waals surface area contributed by atoms with Crippen LogP contribution >= 0.6 is 0 Å². The van der Waals surface area contributed by atoms with Gasteiger partial charge in [0.05, 0.1) is 39.7 Å². The molecule has 1 aliphatic heterocycles. The Balaban J connectivity index is 2.35. The van der Waals surface area contributed by atoms with Gasteiger partial charge >= 0.3 is 5.69 Å². The molecule has 13 heteroatoms. The van der Waals surface area contributed by atoms with Crippen molar-refractivity contribution in [2.75, 3.05) is 27.9 Å². The lowest BCUT2D eigenvalue weighted by molar-refractivity contribution is -0.118. The van der Waals surface area contributed by atoms with Gasteiger partial charge in [0.25, 0.3) is 5.56 Å². The number of nitrogens with zero attached hydrogens (tertiary/aromatic N) is 1. The molecule has 0 radical (unpaired) electrons. The minimum Gasteiger partial charge on any atom is -0.493 e. The zero-order valence-corrected chi connectivity index (χ0v) is 17.2. The first-order chi connectivity index (χ1) is 15.2. The Labute approximate surface area is 179 Å². The van der Waals surface area contributed by atoms with Crippen LogP contribution in [0.2, 0.25) is 0 Å². The molecule has 174 valence electrons. The zero-order chi connectivity index (χ0) is 23.8. The Hall–Kier alpha value is -3.26. The van der Waals surface area contributed by atoms with Crippen LogP contribution in [0.5, 0.6) is 17.2 Å². The molecule has 1 aromatic heterocycles. The number of rotatable bonds is 7. The lowest BCUT2D eigenvalue weighted by Gasteiger charge is -2.32. The molecule has 0 amide bonds. The van der Waals surface area contributed by atoms with Crippen LogP contribution in [0.1, 0.15) is 10.4 Å². The Morgan fingerprint density at radius 3 is 2.38 bits per heavy atom. The summed E-state index contributed by atoms with van der Waals surface area (Å²) in [5, 5.41) is 30.6. The van der Waals surface area contributed by atoms with Crippen molar-refractivity contribution in [2.45, 2.75) is 24.0 Å². The number of carbonyl (C=O) groups excluding carboxylic acids is 1. The molecule has 1 saturated heterocycles. The predicted octanol–water partition coefficient (Wildman–Crippen LogP) is -1.65. The first-order valence-corrected chi connectivity index (χ1v) is 9.18. The molecule has 32 heavy (non-hydrogen) atoms. The van der Waals surface area contributed by atoms with Crippen LogP contribution in [0.4, 0.5) is 4.39 Å². The van der Waals surface area contributed by atoms with Crippen molar-refractivity contribution in [1.82, 2.24) is 9.55 Å². The third-order valence-corrected chi connectivity index (χ3v) is 5.15. The summed E-state index contributed by atoms with van der Waals surface area (Å²) in [5.41, 5.74) is -5.76. The second-order valence-electron chi connectivity index (χ2n) is 6.79. The van der Waals surface area contributed by atoms with Crippen LogP contribution in [-0.4, -0.2) is 76.9 Å². The van der Waals surface area contributed by atoms with Gasteiger partial charge in [-0.05, 0) is 12.1 Å². The van der Waals surface area contributed by atoms with Crippen molar-refractivity contribution in [3.8, 4) is 17.2 Å². The molecule has 1 aromatic carbocycles. The van der Waals surface area contributed by atoms with Gasteiger partial charge < -0.3 is 34.3 Å². The van der Waals surface area contributed by atoms with E-state index in [1.165, 1.54) is 33.5 Å². The lowest BCUT2D eigenvalue weighted by Crippen LogP contribution is -2.57. The number of hydrogen-bond donors (Lipinski definition) is 4. The van der Waals surface area contributed by atoms with E-state index < -0.39 is 53.5 Å². The van der Waals surface area contributed by atoms with Crippen LogP contribution in [0, 0.1) is 5.82 Å². The van der Waals surface area contributed by atoms with Crippen molar-refractivity contribution in [3.63, 3.8) is 0 Å². The molecule has 2 heterocycles. The summed E-state index contributed by atoms with van der Waals surface area (Å²) in [6.07, 6.45) is -5.17. The van der Waals surface area contributed by atoms with Crippen LogP contribution in [0.15, 0.2) is 27.9 Å². The first kappa shape index (κ1) is 23.4. The van der Waals surface area contributed by atoms with Gasteiger partial charge in [0.2, 0.25) is 23.1 Å². The van der Waals surface area contributed by atoms with E-state index in [4.69, 9.17) is 18.9 Å². The Morgan fingerprint density at radius 2 is 1.84 bits per heavy atom. The molecule has 4 atom stereocenters. The maximum atomic E-state index is 14.1. The Kier molecular flexibility index (Phi) is 6.37. The van der Waals surface area contributed by atoms with E-state index in [1.54, 1.807) is 4.98 Å². The number of methoxy groups -OCH3 is 3. The van der Waals surface area contributed by atoms with E-state index in [9.17, 15) is 34.1 Å². The van der Waals surface area contributed by atoms with Crippen LogP contribution < -0.4 is 25.5 Å². The van der Waals surface area contributed by atoms with Crippen LogP contribution in [0.25, 0.3) is 0 Å². The van der Waals surface area contributed by atoms with E-state index in [-0.39, 0.29) is 22.8 Å². The van der Waals surface area contributed by atoms with Crippen molar-refractivity contribution >= 4 is 5.78 Å². The predicted molar refractivity (Wildman–Crippen MR) is 104 cm³/mol. The number of ether oxygens (including phenoxy) is 4. The first-order valence-electron chi connectivity index (χ1n) is 9.18. The number of ketones is 1. The SMILES string of the molecule is COc1ccc(C(=O)[C@@]2(n3cc(F)c(=O)[nH]c3=O)O[C@H](CO)[C@@H](O)[C@H]2O)c(OC)c1OC. The van der Waals surface area contributed by atoms with Crippen LogP contribution in [-0.2, 0) is 10.5 Å². The lowest BCUT2D eigenvalue weighted by atomic mass is 9.92.